The molecule has 2 N–H and O–H groups in total. The number of halogens is 1. The van der Waals surface area contributed by atoms with Gasteiger partial charge >= 0.3 is 0 Å². The Balaban J connectivity index is 1.76. The monoisotopic (exact) mass is 360 g/mol. The fourth-order valence-electron chi connectivity index (χ4n) is 2.77. The molecular weight excluding hydrogens is 347 g/mol. The minimum absolute atomic E-state index is 0.224. The highest BCUT2D eigenvalue weighted by molar-refractivity contribution is 7.18. The summed E-state index contributed by atoms with van der Waals surface area (Å²) < 4.78 is 13.9. The number of rotatable bonds is 3. The first-order chi connectivity index (χ1) is 12.6. The number of hydrogen-bond acceptors (Lipinski definition) is 5. The predicted octanol–water partition coefficient (Wildman–Crippen LogP) is 4.54. The van der Waals surface area contributed by atoms with Crippen LogP contribution in [0.15, 0.2) is 54.6 Å². The zero-order chi connectivity index (χ0) is 18.1. The summed E-state index contributed by atoms with van der Waals surface area (Å²) in [5.41, 5.74) is 8.03. The minimum atomic E-state index is -0.224. The van der Waals surface area contributed by atoms with Crippen LogP contribution in [0.25, 0.3) is 21.6 Å². The highest BCUT2D eigenvalue weighted by Gasteiger charge is 2.13. The van der Waals surface area contributed by atoms with Crippen molar-refractivity contribution in [3.05, 3.63) is 76.4 Å². The molecule has 0 aliphatic heterocycles. The van der Waals surface area contributed by atoms with Crippen molar-refractivity contribution in [3.63, 3.8) is 0 Å². The molecule has 0 radical (unpaired) electrons. The summed E-state index contributed by atoms with van der Waals surface area (Å²) in [7, 11) is 0. The van der Waals surface area contributed by atoms with Crippen LogP contribution in [0, 0.1) is 17.1 Å². The van der Waals surface area contributed by atoms with Gasteiger partial charge in [0.25, 0.3) is 0 Å². The number of nitriles is 1. The second-order valence-electron chi connectivity index (χ2n) is 5.82. The van der Waals surface area contributed by atoms with Crippen molar-refractivity contribution in [2.45, 2.75) is 6.42 Å². The van der Waals surface area contributed by atoms with Gasteiger partial charge in [-0.1, -0.05) is 30.3 Å². The molecular formula is C20H13FN4S. The molecule has 4 nitrogen and oxygen atoms in total. The summed E-state index contributed by atoms with van der Waals surface area (Å²) in [6.07, 6.45) is 0.479. The van der Waals surface area contributed by atoms with Gasteiger partial charge in [0.2, 0.25) is 0 Å². The minimum Gasteiger partial charge on any atom is -0.383 e. The van der Waals surface area contributed by atoms with Crippen molar-refractivity contribution in [2.24, 2.45) is 0 Å². The van der Waals surface area contributed by atoms with E-state index in [1.807, 2.05) is 18.2 Å². The van der Waals surface area contributed by atoms with Gasteiger partial charge in [-0.15, -0.1) is 11.3 Å². The topological polar surface area (TPSA) is 75.6 Å². The van der Waals surface area contributed by atoms with E-state index in [-0.39, 0.29) is 5.82 Å². The van der Waals surface area contributed by atoms with E-state index in [9.17, 15) is 4.39 Å². The number of hydrogen-bond donors (Lipinski definition) is 1. The molecule has 126 valence electrons. The lowest BCUT2D eigenvalue weighted by Gasteiger charge is -2.02. The molecule has 0 unspecified atom stereocenters. The second kappa shape index (κ2) is 6.54. The molecule has 0 fully saturated rings. The molecule has 26 heavy (non-hydrogen) atoms. The Morgan fingerprint density at radius 2 is 1.92 bits per heavy atom. The van der Waals surface area contributed by atoms with Crippen molar-refractivity contribution in [1.29, 1.82) is 5.26 Å². The van der Waals surface area contributed by atoms with Gasteiger partial charge in [0.15, 0.2) is 5.82 Å². The van der Waals surface area contributed by atoms with Crippen LogP contribution in [-0.2, 0) is 6.42 Å². The second-order valence-corrected chi connectivity index (χ2v) is 6.94. The van der Waals surface area contributed by atoms with Crippen LogP contribution >= 0.6 is 11.3 Å². The van der Waals surface area contributed by atoms with E-state index in [1.54, 1.807) is 30.3 Å². The van der Waals surface area contributed by atoms with E-state index < -0.39 is 0 Å². The number of nitrogen functional groups attached to an aromatic ring is 1. The van der Waals surface area contributed by atoms with Gasteiger partial charge in [-0.25, -0.2) is 14.4 Å². The number of fused-ring (bicyclic) bond motifs is 1. The van der Waals surface area contributed by atoms with Crippen LogP contribution in [0.4, 0.5) is 10.2 Å². The average molecular weight is 360 g/mol. The molecule has 2 aromatic heterocycles. The standard InChI is InChI=1S/C20H13FN4S/c21-17-7-2-1-5-13(17)9-15-10-16-18(23)24-19(25-20(16)26-15)14-6-3-4-12(8-14)11-22/h1-8,10H,9H2,(H2,23,24,25). The quantitative estimate of drug-likeness (QED) is 0.582. The van der Waals surface area contributed by atoms with E-state index in [0.29, 0.717) is 29.2 Å². The maximum absolute atomic E-state index is 13.9. The number of nitrogens with zero attached hydrogens (tertiary/aromatic N) is 3. The molecule has 2 aromatic carbocycles. The molecule has 0 saturated heterocycles. The first kappa shape index (κ1) is 16.2. The van der Waals surface area contributed by atoms with Crippen LogP contribution in [0.2, 0.25) is 0 Å². The summed E-state index contributed by atoms with van der Waals surface area (Å²) in [6.45, 7) is 0. The Hall–Kier alpha value is -3.30. The smallest absolute Gasteiger partial charge is 0.163 e. The van der Waals surface area contributed by atoms with E-state index in [2.05, 4.69) is 16.0 Å². The molecule has 2 heterocycles. The van der Waals surface area contributed by atoms with Crippen molar-refractivity contribution in [2.75, 3.05) is 5.73 Å². The molecule has 0 atom stereocenters. The van der Waals surface area contributed by atoms with Crippen LogP contribution in [0.5, 0.6) is 0 Å². The number of nitrogens with two attached hydrogens (primary N) is 1. The zero-order valence-electron chi connectivity index (χ0n) is 13.6. The third-order valence-electron chi connectivity index (χ3n) is 4.05. The summed E-state index contributed by atoms with van der Waals surface area (Å²) in [5.74, 6) is 0.632. The fraction of sp³-hybridized carbons (Fsp3) is 0.0500. The van der Waals surface area contributed by atoms with E-state index in [0.717, 1.165) is 20.7 Å². The SMILES string of the molecule is N#Cc1cccc(-c2nc(N)c3cc(Cc4ccccc4F)sc3n2)c1. The molecule has 0 saturated carbocycles. The Morgan fingerprint density at radius 1 is 1.08 bits per heavy atom. The van der Waals surface area contributed by atoms with Gasteiger partial charge in [-0.2, -0.15) is 5.26 Å². The first-order valence-corrected chi connectivity index (χ1v) is 8.75. The van der Waals surface area contributed by atoms with Gasteiger partial charge in [0.05, 0.1) is 17.0 Å². The Bertz CT molecular complexity index is 1160. The van der Waals surface area contributed by atoms with Crippen LogP contribution < -0.4 is 5.73 Å². The predicted molar refractivity (Wildman–Crippen MR) is 101 cm³/mol. The highest BCUT2D eigenvalue weighted by Crippen LogP contribution is 2.31. The largest absolute Gasteiger partial charge is 0.383 e. The van der Waals surface area contributed by atoms with Gasteiger partial charge < -0.3 is 5.73 Å². The van der Waals surface area contributed by atoms with Crippen molar-refractivity contribution in [3.8, 4) is 17.5 Å². The normalized spacial score (nSPS) is 10.8. The Morgan fingerprint density at radius 3 is 2.73 bits per heavy atom. The van der Waals surface area contributed by atoms with E-state index >= 15 is 0 Å². The molecule has 0 aliphatic carbocycles. The Labute approximate surface area is 153 Å². The van der Waals surface area contributed by atoms with Crippen LogP contribution in [-0.4, -0.2) is 9.97 Å². The maximum Gasteiger partial charge on any atom is 0.163 e. The summed E-state index contributed by atoms with van der Waals surface area (Å²) in [6, 6.07) is 17.8. The number of aromatic nitrogens is 2. The summed E-state index contributed by atoms with van der Waals surface area (Å²) in [5, 5.41) is 9.82. The lowest BCUT2D eigenvalue weighted by molar-refractivity contribution is 0.614. The molecule has 4 rings (SSSR count). The van der Waals surface area contributed by atoms with Gasteiger partial charge in [-0.05, 0) is 29.8 Å². The van der Waals surface area contributed by atoms with Crippen molar-refractivity contribution < 1.29 is 4.39 Å². The lowest BCUT2D eigenvalue weighted by atomic mass is 10.1. The summed E-state index contributed by atoms with van der Waals surface area (Å²) >= 11 is 1.47. The highest BCUT2D eigenvalue weighted by atomic mass is 32.1. The van der Waals surface area contributed by atoms with Gasteiger partial charge in [-0.3, -0.25) is 0 Å². The molecule has 4 aromatic rings. The molecule has 0 amide bonds. The molecule has 6 heteroatoms. The molecule has 0 spiro atoms. The van der Waals surface area contributed by atoms with Crippen LogP contribution in [0.3, 0.4) is 0 Å². The van der Waals surface area contributed by atoms with E-state index in [4.69, 9.17) is 11.0 Å². The maximum atomic E-state index is 13.9. The number of thiophene rings is 1. The van der Waals surface area contributed by atoms with E-state index in [1.165, 1.54) is 17.4 Å². The molecule has 0 aliphatic rings. The third kappa shape index (κ3) is 3.01. The zero-order valence-corrected chi connectivity index (χ0v) is 14.4. The lowest BCUT2D eigenvalue weighted by Crippen LogP contribution is -1.96. The number of anilines is 1. The van der Waals surface area contributed by atoms with Gasteiger partial charge in [0.1, 0.15) is 16.5 Å². The van der Waals surface area contributed by atoms with Crippen LogP contribution in [0.1, 0.15) is 16.0 Å². The van der Waals surface area contributed by atoms with Gasteiger partial charge in [0, 0.05) is 16.9 Å². The van der Waals surface area contributed by atoms with Crippen molar-refractivity contribution >= 4 is 27.4 Å². The fourth-order valence-corrected chi connectivity index (χ4v) is 3.83. The van der Waals surface area contributed by atoms with Crippen molar-refractivity contribution in [1.82, 2.24) is 9.97 Å². The average Bonchev–Trinajstić information content (AvgIpc) is 3.07. The molecule has 0 bridgehead atoms. The number of benzene rings is 2. The first-order valence-electron chi connectivity index (χ1n) is 7.94. The third-order valence-corrected chi connectivity index (χ3v) is 5.07. The Kier molecular flexibility index (Phi) is 4.07. The summed E-state index contributed by atoms with van der Waals surface area (Å²) in [4.78, 5) is 10.7.